The lowest BCUT2D eigenvalue weighted by molar-refractivity contribution is -0.116. The molecule has 0 unspecified atom stereocenters. The number of sulfonamides is 1. The summed E-state index contributed by atoms with van der Waals surface area (Å²) in [6, 6.07) is 9.47. The maximum absolute atomic E-state index is 12.6. The number of nitrogens with one attached hydrogen (secondary N) is 1. The van der Waals surface area contributed by atoms with Crippen LogP contribution in [0.2, 0.25) is 10.0 Å². The summed E-state index contributed by atoms with van der Waals surface area (Å²) in [5, 5.41) is 3.08. The first-order valence-corrected chi connectivity index (χ1v) is 10.1. The third-order valence-corrected chi connectivity index (χ3v) is 6.75. The number of para-hydroxylation sites is 1. The molecule has 0 fully saturated rings. The van der Waals surface area contributed by atoms with Gasteiger partial charge in [-0.25, -0.2) is 8.42 Å². The van der Waals surface area contributed by atoms with Crippen molar-refractivity contribution in [3.05, 3.63) is 56.5 Å². The summed E-state index contributed by atoms with van der Waals surface area (Å²) in [5.74, 6) is -0.546. The second kappa shape index (κ2) is 8.05. The van der Waals surface area contributed by atoms with Crippen LogP contribution >= 0.6 is 39.1 Å². The summed E-state index contributed by atoms with van der Waals surface area (Å²) in [6.45, 7) is 1.41. The topological polar surface area (TPSA) is 66.5 Å². The zero-order valence-corrected chi connectivity index (χ0v) is 17.3. The van der Waals surface area contributed by atoms with Gasteiger partial charge < -0.3 is 5.32 Å². The Bertz CT molecular complexity index is 899. The van der Waals surface area contributed by atoms with Crippen LogP contribution in [-0.2, 0) is 14.8 Å². The zero-order valence-electron chi connectivity index (χ0n) is 13.4. The summed E-state index contributed by atoms with van der Waals surface area (Å²) in [6.07, 6.45) is 0. The second-order valence-corrected chi connectivity index (χ2v) is 9.03. The molecule has 2 aromatic carbocycles. The summed E-state index contributed by atoms with van der Waals surface area (Å²) in [7, 11) is -2.47. The van der Waals surface area contributed by atoms with E-state index in [1.807, 2.05) is 0 Å². The molecule has 0 saturated carbocycles. The van der Waals surface area contributed by atoms with Gasteiger partial charge >= 0.3 is 0 Å². The Morgan fingerprint density at radius 2 is 1.80 bits per heavy atom. The largest absolute Gasteiger partial charge is 0.322 e. The van der Waals surface area contributed by atoms with Crippen LogP contribution < -0.4 is 5.32 Å². The van der Waals surface area contributed by atoms with E-state index in [1.165, 1.54) is 13.1 Å². The molecule has 0 radical (unpaired) electrons. The standard InChI is InChI=1S/C16H15BrCl2N2O3S/c1-10-8-11(6-7-12(10)17)25(23,24)21(2)9-15(22)20-16-13(18)4-3-5-14(16)19/h3-8H,9H2,1-2H3,(H,20,22). The number of benzene rings is 2. The first-order valence-electron chi connectivity index (χ1n) is 7.09. The maximum Gasteiger partial charge on any atom is 0.243 e. The number of likely N-dealkylation sites (N-methyl/N-ethyl adjacent to an activating group) is 1. The molecule has 1 amide bonds. The van der Waals surface area contributed by atoms with Crippen LogP contribution in [0.15, 0.2) is 45.8 Å². The minimum absolute atomic E-state index is 0.110. The molecule has 0 spiro atoms. The Morgan fingerprint density at radius 3 is 2.36 bits per heavy atom. The van der Waals surface area contributed by atoms with Crippen molar-refractivity contribution in [2.24, 2.45) is 0 Å². The Kier molecular flexibility index (Phi) is 6.51. The number of hydrogen-bond acceptors (Lipinski definition) is 3. The lowest BCUT2D eigenvalue weighted by atomic mass is 10.2. The molecule has 0 saturated heterocycles. The quantitative estimate of drug-likeness (QED) is 0.714. The summed E-state index contributed by atoms with van der Waals surface area (Å²) in [4.78, 5) is 12.3. The minimum atomic E-state index is -3.80. The Labute approximate surface area is 165 Å². The average Bonchev–Trinajstić information content (AvgIpc) is 2.53. The maximum atomic E-state index is 12.6. The van der Waals surface area contributed by atoms with E-state index in [0.717, 1.165) is 14.3 Å². The highest BCUT2D eigenvalue weighted by Gasteiger charge is 2.24. The predicted molar refractivity (Wildman–Crippen MR) is 104 cm³/mol. The van der Waals surface area contributed by atoms with Gasteiger partial charge in [-0.15, -0.1) is 0 Å². The van der Waals surface area contributed by atoms with Crippen LogP contribution in [0.1, 0.15) is 5.56 Å². The summed E-state index contributed by atoms with van der Waals surface area (Å²) >= 11 is 15.3. The molecule has 0 atom stereocenters. The fourth-order valence-corrected chi connectivity index (χ4v) is 3.99. The first-order chi connectivity index (χ1) is 11.6. The van der Waals surface area contributed by atoms with Crippen molar-refractivity contribution in [1.29, 1.82) is 0 Å². The van der Waals surface area contributed by atoms with Crippen molar-refractivity contribution in [2.45, 2.75) is 11.8 Å². The van der Waals surface area contributed by atoms with Gasteiger partial charge in [0, 0.05) is 11.5 Å². The van der Waals surface area contributed by atoms with Crippen molar-refractivity contribution in [3.8, 4) is 0 Å². The van der Waals surface area contributed by atoms with Crippen LogP contribution in [0.5, 0.6) is 0 Å². The van der Waals surface area contributed by atoms with Crippen LogP contribution in [-0.4, -0.2) is 32.2 Å². The number of halogens is 3. The Morgan fingerprint density at radius 1 is 1.20 bits per heavy atom. The van der Waals surface area contributed by atoms with Gasteiger partial charge in [0.05, 0.1) is 27.2 Å². The van der Waals surface area contributed by atoms with Gasteiger partial charge in [-0.05, 0) is 42.8 Å². The van der Waals surface area contributed by atoms with E-state index < -0.39 is 15.9 Å². The van der Waals surface area contributed by atoms with E-state index in [0.29, 0.717) is 0 Å². The fourth-order valence-electron chi connectivity index (χ4n) is 2.04. The van der Waals surface area contributed by atoms with Gasteiger partial charge in [0.15, 0.2) is 0 Å². The van der Waals surface area contributed by atoms with Crippen molar-refractivity contribution in [2.75, 3.05) is 18.9 Å². The van der Waals surface area contributed by atoms with Gasteiger partial charge in [0.2, 0.25) is 15.9 Å². The van der Waals surface area contributed by atoms with Crippen molar-refractivity contribution < 1.29 is 13.2 Å². The first kappa shape index (κ1) is 20.2. The molecule has 0 aliphatic carbocycles. The van der Waals surface area contributed by atoms with E-state index in [1.54, 1.807) is 37.3 Å². The van der Waals surface area contributed by atoms with Crippen LogP contribution in [0.4, 0.5) is 5.69 Å². The smallest absolute Gasteiger partial charge is 0.243 e. The monoisotopic (exact) mass is 464 g/mol. The molecule has 0 aromatic heterocycles. The van der Waals surface area contributed by atoms with Gasteiger partial charge in [-0.3, -0.25) is 4.79 Å². The minimum Gasteiger partial charge on any atom is -0.322 e. The predicted octanol–water partition coefficient (Wildman–Crippen LogP) is 4.32. The third-order valence-electron chi connectivity index (χ3n) is 3.43. The number of rotatable bonds is 5. The third kappa shape index (κ3) is 4.74. The molecule has 0 heterocycles. The molecular weight excluding hydrogens is 451 g/mol. The molecule has 2 aromatic rings. The average molecular weight is 466 g/mol. The van der Waals surface area contributed by atoms with E-state index in [-0.39, 0.29) is 27.2 Å². The number of aryl methyl sites for hydroxylation is 1. The van der Waals surface area contributed by atoms with E-state index >= 15 is 0 Å². The second-order valence-electron chi connectivity index (χ2n) is 5.32. The van der Waals surface area contributed by atoms with Crippen molar-refractivity contribution in [3.63, 3.8) is 0 Å². The number of carbonyl (C=O) groups is 1. The number of hydrogen-bond donors (Lipinski definition) is 1. The van der Waals surface area contributed by atoms with Crippen LogP contribution in [0, 0.1) is 6.92 Å². The van der Waals surface area contributed by atoms with E-state index in [2.05, 4.69) is 21.2 Å². The van der Waals surface area contributed by atoms with E-state index in [9.17, 15) is 13.2 Å². The summed E-state index contributed by atoms with van der Waals surface area (Å²) in [5.41, 5.74) is 1.03. The highest BCUT2D eigenvalue weighted by atomic mass is 79.9. The lowest BCUT2D eigenvalue weighted by Crippen LogP contribution is -2.35. The molecule has 0 aliphatic heterocycles. The number of nitrogens with zero attached hydrogens (tertiary/aromatic N) is 1. The van der Waals surface area contributed by atoms with E-state index in [4.69, 9.17) is 23.2 Å². The molecule has 134 valence electrons. The molecule has 2 rings (SSSR count). The van der Waals surface area contributed by atoms with Crippen molar-refractivity contribution >= 4 is 60.7 Å². The molecule has 25 heavy (non-hydrogen) atoms. The zero-order chi connectivity index (χ0) is 18.8. The highest BCUT2D eigenvalue weighted by Crippen LogP contribution is 2.29. The van der Waals surface area contributed by atoms with Crippen LogP contribution in [0.25, 0.3) is 0 Å². The molecule has 1 N–H and O–H groups in total. The fraction of sp³-hybridized carbons (Fsp3) is 0.188. The number of carbonyl (C=O) groups excluding carboxylic acids is 1. The number of amides is 1. The Hall–Kier alpha value is -1.12. The van der Waals surface area contributed by atoms with Crippen molar-refractivity contribution in [1.82, 2.24) is 4.31 Å². The highest BCUT2D eigenvalue weighted by molar-refractivity contribution is 9.10. The molecule has 5 nitrogen and oxygen atoms in total. The summed E-state index contributed by atoms with van der Waals surface area (Å²) < 4.78 is 27.0. The van der Waals surface area contributed by atoms with Gasteiger partial charge in [0.1, 0.15) is 0 Å². The molecule has 9 heteroatoms. The number of anilines is 1. The van der Waals surface area contributed by atoms with Gasteiger partial charge in [0.25, 0.3) is 0 Å². The van der Waals surface area contributed by atoms with Gasteiger partial charge in [-0.2, -0.15) is 4.31 Å². The van der Waals surface area contributed by atoms with Crippen LogP contribution in [0.3, 0.4) is 0 Å². The Balaban J connectivity index is 2.16. The normalized spacial score (nSPS) is 11.6. The molecule has 0 aliphatic rings. The van der Waals surface area contributed by atoms with Gasteiger partial charge in [-0.1, -0.05) is 45.2 Å². The molecule has 0 bridgehead atoms. The SMILES string of the molecule is Cc1cc(S(=O)(=O)N(C)CC(=O)Nc2c(Cl)cccc2Cl)ccc1Br. The lowest BCUT2D eigenvalue weighted by Gasteiger charge is -2.18. The molecular formula is C16H15BrCl2N2O3S.